The summed E-state index contributed by atoms with van der Waals surface area (Å²) in [4.78, 5) is 13.5. The Hall–Kier alpha value is -3.72. The molecular formula is C28H32N2O6S. The van der Waals surface area contributed by atoms with Gasteiger partial charge in [0.1, 0.15) is 25.5 Å². The summed E-state index contributed by atoms with van der Waals surface area (Å²) in [5, 5.41) is 3.05. The van der Waals surface area contributed by atoms with Crippen LogP contribution in [0.15, 0.2) is 77.7 Å². The number of carbonyl (C=O) groups excluding carboxylic acids is 1. The molecule has 9 heteroatoms. The van der Waals surface area contributed by atoms with E-state index in [2.05, 4.69) is 19.2 Å². The second kappa shape index (κ2) is 11.6. The summed E-state index contributed by atoms with van der Waals surface area (Å²) < 4.78 is 45.0. The Balaban J connectivity index is 1.64. The molecule has 8 nitrogen and oxygen atoms in total. The van der Waals surface area contributed by atoms with Gasteiger partial charge in [0.05, 0.1) is 23.7 Å². The molecule has 0 saturated carbocycles. The molecule has 4 rings (SSSR count). The number of sulfonamides is 1. The lowest BCUT2D eigenvalue weighted by molar-refractivity contribution is -0.120. The van der Waals surface area contributed by atoms with Crippen molar-refractivity contribution in [3.05, 3.63) is 78.4 Å². The predicted octanol–water partition coefficient (Wildman–Crippen LogP) is 4.57. The monoisotopic (exact) mass is 524 g/mol. The number of fused-ring (bicyclic) bond motifs is 1. The topological polar surface area (TPSA) is 94.2 Å². The van der Waals surface area contributed by atoms with Gasteiger partial charge in [0.15, 0.2) is 11.5 Å². The molecule has 0 spiro atoms. The number of nitrogens with one attached hydrogen (secondary N) is 1. The van der Waals surface area contributed by atoms with E-state index in [1.165, 1.54) is 12.1 Å². The van der Waals surface area contributed by atoms with E-state index in [-0.39, 0.29) is 10.9 Å². The highest BCUT2D eigenvalue weighted by Gasteiger charge is 2.29. The van der Waals surface area contributed by atoms with E-state index in [1.807, 2.05) is 24.3 Å². The van der Waals surface area contributed by atoms with Crippen molar-refractivity contribution in [3.63, 3.8) is 0 Å². The normalized spacial score (nSPS) is 13.6. The summed E-state index contributed by atoms with van der Waals surface area (Å²) in [6.45, 7) is 4.53. The maximum absolute atomic E-state index is 13.7. The van der Waals surface area contributed by atoms with Crippen LogP contribution in [-0.4, -0.2) is 41.2 Å². The highest BCUT2D eigenvalue weighted by Crippen LogP contribution is 2.36. The van der Waals surface area contributed by atoms with E-state index in [0.717, 1.165) is 15.6 Å². The summed E-state index contributed by atoms with van der Waals surface area (Å²) in [6.07, 6.45) is 0.688. The molecule has 0 bridgehead atoms. The lowest BCUT2D eigenvalue weighted by Crippen LogP contribution is -2.42. The molecule has 1 N–H and O–H groups in total. The number of amides is 1. The van der Waals surface area contributed by atoms with E-state index in [0.29, 0.717) is 42.7 Å². The molecule has 1 atom stereocenters. The van der Waals surface area contributed by atoms with Crippen LogP contribution >= 0.6 is 0 Å². The maximum Gasteiger partial charge on any atom is 0.264 e. The number of benzene rings is 3. The Morgan fingerprint density at radius 3 is 2.30 bits per heavy atom. The number of carbonyl (C=O) groups is 1. The summed E-state index contributed by atoms with van der Waals surface area (Å²) >= 11 is 0. The Morgan fingerprint density at radius 1 is 0.973 bits per heavy atom. The van der Waals surface area contributed by atoms with Crippen molar-refractivity contribution in [2.45, 2.75) is 31.2 Å². The van der Waals surface area contributed by atoms with Gasteiger partial charge in [-0.3, -0.25) is 9.10 Å². The van der Waals surface area contributed by atoms with Crippen molar-refractivity contribution >= 4 is 21.6 Å². The Labute approximate surface area is 218 Å². The van der Waals surface area contributed by atoms with Crippen LogP contribution in [0.1, 0.15) is 31.9 Å². The fraction of sp³-hybridized carbons (Fsp3) is 0.321. The largest absolute Gasteiger partial charge is 0.497 e. The number of hydrogen-bond donors (Lipinski definition) is 1. The van der Waals surface area contributed by atoms with Gasteiger partial charge >= 0.3 is 0 Å². The molecule has 0 unspecified atom stereocenters. The van der Waals surface area contributed by atoms with E-state index in [9.17, 15) is 13.2 Å². The molecule has 0 radical (unpaired) electrons. The van der Waals surface area contributed by atoms with Gasteiger partial charge in [-0.15, -0.1) is 0 Å². The van der Waals surface area contributed by atoms with Crippen molar-refractivity contribution in [1.82, 2.24) is 5.32 Å². The van der Waals surface area contributed by atoms with Crippen LogP contribution in [0.25, 0.3) is 0 Å². The first-order chi connectivity index (χ1) is 17.8. The van der Waals surface area contributed by atoms with Crippen LogP contribution in [0.3, 0.4) is 0 Å². The van der Waals surface area contributed by atoms with Gasteiger partial charge in [0, 0.05) is 6.07 Å². The van der Waals surface area contributed by atoms with Crippen molar-refractivity contribution < 1.29 is 27.4 Å². The predicted molar refractivity (Wildman–Crippen MR) is 142 cm³/mol. The summed E-state index contributed by atoms with van der Waals surface area (Å²) in [7, 11) is -2.45. The zero-order valence-electron chi connectivity index (χ0n) is 21.2. The highest BCUT2D eigenvalue weighted by atomic mass is 32.2. The number of methoxy groups -OCH3 is 1. The van der Waals surface area contributed by atoms with Gasteiger partial charge in [-0.1, -0.05) is 44.2 Å². The van der Waals surface area contributed by atoms with Crippen molar-refractivity contribution in [3.8, 4) is 17.2 Å². The van der Waals surface area contributed by atoms with Crippen molar-refractivity contribution in [1.29, 1.82) is 0 Å². The average molecular weight is 525 g/mol. The van der Waals surface area contributed by atoms with Crippen LogP contribution in [0.2, 0.25) is 0 Å². The van der Waals surface area contributed by atoms with Gasteiger partial charge in [-0.25, -0.2) is 8.42 Å². The molecule has 1 aliphatic rings. The van der Waals surface area contributed by atoms with E-state index >= 15 is 0 Å². The van der Waals surface area contributed by atoms with Gasteiger partial charge < -0.3 is 19.5 Å². The average Bonchev–Trinajstić information content (AvgIpc) is 2.91. The van der Waals surface area contributed by atoms with Gasteiger partial charge in [-0.05, 0) is 54.3 Å². The number of nitrogens with zero attached hydrogens (tertiary/aromatic N) is 1. The standard InChI is InChI=1S/C28H32N2O6S/c1-20(2)17-25(21-9-12-23(34-3)13-10-21)29-28(31)19-30(37(32,33)24-7-5-4-6-8-24)22-11-14-26-27(18-22)36-16-15-35-26/h4-14,18,20,25H,15-17,19H2,1-3H3,(H,29,31)/t25-/m0/s1. The molecule has 1 heterocycles. The molecule has 0 aliphatic carbocycles. The number of anilines is 1. The quantitative estimate of drug-likeness (QED) is 0.418. The minimum atomic E-state index is -4.05. The third-order valence-electron chi connectivity index (χ3n) is 5.99. The molecular weight excluding hydrogens is 492 g/mol. The Bertz CT molecular complexity index is 1310. The second-order valence-corrected chi connectivity index (χ2v) is 11.0. The van der Waals surface area contributed by atoms with Crippen molar-refractivity contribution in [2.24, 2.45) is 5.92 Å². The van der Waals surface area contributed by atoms with Gasteiger partial charge in [-0.2, -0.15) is 0 Å². The lowest BCUT2D eigenvalue weighted by atomic mass is 9.97. The molecule has 0 saturated heterocycles. The minimum Gasteiger partial charge on any atom is -0.497 e. The number of ether oxygens (including phenoxy) is 3. The zero-order valence-corrected chi connectivity index (χ0v) is 22.0. The summed E-state index contributed by atoms with van der Waals surface area (Å²) in [5.41, 5.74) is 1.23. The van der Waals surface area contributed by atoms with E-state index in [4.69, 9.17) is 14.2 Å². The third kappa shape index (κ3) is 6.35. The third-order valence-corrected chi connectivity index (χ3v) is 7.78. The fourth-order valence-electron chi connectivity index (χ4n) is 4.18. The van der Waals surface area contributed by atoms with E-state index < -0.39 is 22.5 Å². The molecule has 1 amide bonds. The van der Waals surface area contributed by atoms with Crippen molar-refractivity contribution in [2.75, 3.05) is 31.2 Å². The molecule has 1 aliphatic heterocycles. The van der Waals surface area contributed by atoms with Gasteiger partial charge in [0.25, 0.3) is 10.0 Å². The summed E-state index contributed by atoms with van der Waals surface area (Å²) in [6, 6.07) is 20.2. The van der Waals surface area contributed by atoms with Crippen LogP contribution in [0, 0.1) is 5.92 Å². The number of hydrogen-bond acceptors (Lipinski definition) is 6. The first-order valence-corrected chi connectivity index (χ1v) is 13.6. The molecule has 0 aromatic heterocycles. The SMILES string of the molecule is COc1ccc([C@H](CC(C)C)NC(=O)CN(c2ccc3c(c2)OCCO3)S(=O)(=O)c2ccccc2)cc1. The smallest absolute Gasteiger partial charge is 0.264 e. The summed E-state index contributed by atoms with van der Waals surface area (Å²) in [5.74, 6) is 1.57. The Morgan fingerprint density at radius 2 is 1.65 bits per heavy atom. The number of rotatable bonds is 10. The molecule has 0 fully saturated rings. The first-order valence-electron chi connectivity index (χ1n) is 12.2. The van der Waals surface area contributed by atoms with E-state index in [1.54, 1.807) is 43.5 Å². The molecule has 3 aromatic carbocycles. The van der Waals surface area contributed by atoms with Crippen LogP contribution < -0.4 is 23.8 Å². The lowest BCUT2D eigenvalue weighted by Gasteiger charge is -2.28. The molecule has 196 valence electrons. The second-order valence-electron chi connectivity index (χ2n) is 9.18. The van der Waals surface area contributed by atoms with Crippen LogP contribution in [0.4, 0.5) is 5.69 Å². The van der Waals surface area contributed by atoms with Gasteiger partial charge in [0.2, 0.25) is 5.91 Å². The fourth-order valence-corrected chi connectivity index (χ4v) is 5.61. The van der Waals surface area contributed by atoms with Crippen LogP contribution in [0.5, 0.6) is 17.2 Å². The Kier molecular flexibility index (Phi) is 8.23. The maximum atomic E-state index is 13.7. The zero-order chi connectivity index (χ0) is 26.4. The first kappa shape index (κ1) is 26.3. The molecule has 3 aromatic rings. The van der Waals surface area contributed by atoms with Crippen LogP contribution in [-0.2, 0) is 14.8 Å². The highest BCUT2D eigenvalue weighted by molar-refractivity contribution is 7.92. The minimum absolute atomic E-state index is 0.0894. The molecule has 37 heavy (non-hydrogen) atoms.